The van der Waals surface area contributed by atoms with Gasteiger partial charge in [-0.05, 0) is 51.0 Å². The molecule has 0 spiro atoms. The second-order valence-corrected chi connectivity index (χ2v) is 9.12. The summed E-state index contributed by atoms with van der Waals surface area (Å²) in [5.74, 6) is -1.94. The number of carbonyl (C=O) groups is 3. The van der Waals surface area contributed by atoms with Gasteiger partial charge in [0, 0.05) is 7.05 Å². The molecule has 3 amide bonds. The van der Waals surface area contributed by atoms with Crippen LogP contribution in [0.15, 0.2) is 71.0 Å². The monoisotopic (exact) mass is 470 g/mol. The SMILES string of the molecule is CC1=CC[C@H]2C(=O)N(c3ccccc3C(=O)Nc3c(C)n(C)n(-c4ccccc4)c3=O)C(=O)[C@@H]2C1. The quantitative estimate of drug-likeness (QED) is 0.466. The molecular formula is C27H26N4O4. The Morgan fingerprint density at radius 3 is 2.31 bits per heavy atom. The molecule has 5 rings (SSSR count). The summed E-state index contributed by atoms with van der Waals surface area (Å²) < 4.78 is 3.15. The van der Waals surface area contributed by atoms with Gasteiger partial charge in [-0.1, -0.05) is 42.0 Å². The van der Waals surface area contributed by atoms with E-state index in [2.05, 4.69) is 5.32 Å². The summed E-state index contributed by atoms with van der Waals surface area (Å²) in [6.45, 7) is 3.71. The van der Waals surface area contributed by atoms with Gasteiger partial charge in [-0.3, -0.25) is 23.9 Å². The van der Waals surface area contributed by atoms with Crippen LogP contribution in [0, 0.1) is 18.8 Å². The fraction of sp³-hybridized carbons (Fsp3) is 0.259. The highest BCUT2D eigenvalue weighted by Crippen LogP contribution is 2.40. The number of nitrogens with one attached hydrogen (secondary N) is 1. The van der Waals surface area contributed by atoms with Crippen molar-refractivity contribution in [2.45, 2.75) is 26.7 Å². The van der Waals surface area contributed by atoms with Gasteiger partial charge >= 0.3 is 0 Å². The van der Waals surface area contributed by atoms with Crippen molar-refractivity contribution in [1.29, 1.82) is 0 Å². The predicted molar refractivity (Wildman–Crippen MR) is 133 cm³/mol. The molecule has 3 aromatic rings. The van der Waals surface area contributed by atoms with E-state index in [9.17, 15) is 19.2 Å². The van der Waals surface area contributed by atoms with Gasteiger partial charge in [0.1, 0.15) is 5.69 Å². The number of para-hydroxylation sites is 2. The first-order chi connectivity index (χ1) is 16.8. The highest BCUT2D eigenvalue weighted by molar-refractivity contribution is 6.25. The lowest BCUT2D eigenvalue weighted by atomic mass is 9.82. The van der Waals surface area contributed by atoms with E-state index < -0.39 is 17.7 Å². The molecule has 1 fully saturated rings. The molecule has 2 atom stereocenters. The topological polar surface area (TPSA) is 93.4 Å². The van der Waals surface area contributed by atoms with Gasteiger partial charge in [0.05, 0.1) is 34.5 Å². The van der Waals surface area contributed by atoms with Gasteiger partial charge < -0.3 is 5.32 Å². The molecule has 2 aliphatic rings. The summed E-state index contributed by atoms with van der Waals surface area (Å²) in [5, 5.41) is 2.74. The van der Waals surface area contributed by atoms with Gasteiger partial charge in [0.2, 0.25) is 11.8 Å². The summed E-state index contributed by atoms with van der Waals surface area (Å²) >= 11 is 0. The first-order valence-electron chi connectivity index (χ1n) is 11.6. The largest absolute Gasteiger partial charge is 0.316 e. The number of rotatable bonds is 4. The van der Waals surface area contributed by atoms with Crippen molar-refractivity contribution in [3.05, 3.63) is 87.9 Å². The van der Waals surface area contributed by atoms with E-state index >= 15 is 0 Å². The Bertz CT molecular complexity index is 1450. The maximum absolute atomic E-state index is 13.4. The number of hydrogen-bond acceptors (Lipinski definition) is 4. The van der Waals surface area contributed by atoms with Crippen LogP contribution in [0.25, 0.3) is 5.69 Å². The molecule has 0 unspecified atom stereocenters. The molecule has 35 heavy (non-hydrogen) atoms. The third kappa shape index (κ3) is 3.62. The number of hydrogen-bond donors (Lipinski definition) is 1. The average Bonchev–Trinajstić information content (AvgIpc) is 3.23. The molecule has 0 radical (unpaired) electrons. The third-order valence-corrected chi connectivity index (χ3v) is 7.01. The van der Waals surface area contributed by atoms with Crippen LogP contribution in [0.4, 0.5) is 11.4 Å². The van der Waals surface area contributed by atoms with E-state index in [1.165, 1.54) is 4.68 Å². The Hall–Kier alpha value is -4.20. The molecule has 1 aliphatic heterocycles. The number of allylic oxidation sites excluding steroid dienone is 2. The van der Waals surface area contributed by atoms with Crippen molar-refractivity contribution < 1.29 is 14.4 Å². The van der Waals surface area contributed by atoms with E-state index in [1.807, 2.05) is 43.3 Å². The van der Waals surface area contributed by atoms with Crippen molar-refractivity contribution in [3.63, 3.8) is 0 Å². The highest BCUT2D eigenvalue weighted by atomic mass is 16.2. The number of amides is 3. The lowest BCUT2D eigenvalue weighted by Gasteiger charge is -2.19. The van der Waals surface area contributed by atoms with Gasteiger partial charge in [0.25, 0.3) is 11.5 Å². The third-order valence-electron chi connectivity index (χ3n) is 7.01. The van der Waals surface area contributed by atoms with Crippen LogP contribution in [0.1, 0.15) is 35.8 Å². The van der Waals surface area contributed by atoms with Crippen LogP contribution in [-0.4, -0.2) is 27.1 Å². The Morgan fingerprint density at radius 2 is 1.57 bits per heavy atom. The molecule has 0 saturated carbocycles. The fourth-order valence-corrected chi connectivity index (χ4v) is 5.03. The van der Waals surface area contributed by atoms with E-state index in [0.717, 1.165) is 10.5 Å². The first-order valence-corrected chi connectivity index (χ1v) is 11.6. The Balaban J connectivity index is 1.49. The number of fused-ring (bicyclic) bond motifs is 1. The Kier molecular flexibility index (Phi) is 5.51. The molecule has 1 N–H and O–H groups in total. The summed E-state index contributed by atoms with van der Waals surface area (Å²) in [5.41, 5.74) is 2.51. The second-order valence-electron chi connectivity index (χ2n) is 9.12. The fourth-order valence-electron chi connectivity index (χ4n) is 5.03. The lowest BCUT2D eigenvalue weighted by Crippen LogP contribution is -2.33. The number of imide groups is 1. The molecule has 2 heterocycles. The molecular weight excluding hydrogens is 444 g/mol. The van der Waals surface area contributed by atoms with Crippen LogP contribution in [0.3, 0.4) is 0 Å². The van der Waals surface area contributed by atoms with Gasteiger partial charge in [0.15, 0.2) is 0 Å². The molecule has 8 nitrogen and oxygen atoms in total. The Labute approximate surface area is 202 Å². The zero-order valence-electron chi connectivity index (χ0n) is 19.8. The normalized spacial score (nSPS) is 19.5. The summed E-state index contributed by atoms with van der Waals surface area (Å²) in [4.78, 5) is 54.2. The van der Waals surface area contributed by atoms with Gasteiger partial charge in [-0.15, -0.1) is 0 Å². The predicted octanol–water partition coefficient (Wildman–Crippen LogP) is 3.58. The molecule has 8 heteroatoms. The molecule has 1 aromatic heterocycles. The highest BCUT2D eigenvalue weighted by Gasteiger charge is 2.49. The average molecular weight is 471 g/mol. The smallest absolute Gasteiger partial charge is 0.295 e. The molecule has 1 saturated heterocycles. The van der Waals surface area contributed by atoms with Crippen LogP contribution in [0.2, 0.25) is 0 Å². The molecule has 2 aromatic carbocycles. The summed E-state index contributed by atoms with van der Waals surface area (Å²) in [6.07, 6.45) is 3.07. The van der Waals surface area contributed by atoms with Crippen LogP contribution in [0.5, 0.6) is 0 Å². The molecule has 178 valence electrons. The Morgan fingerprint density at radius 1 is 0.914 bits per heavy atom. The number of nitrogens with zero attached hydrogens (tertiary/aromatic N) is 3. The van der Waals surface area contributed by atoms with Crippen molar-refractivity contribution in [1.82, 2.24) is 9.36 Å². The number of benzene rings is 2. The van der Waals surface area contributed by atoms with Crippen molar-refractivity contribution in [2.75, 3.05) is 10.2 Å². The maximum atomic E-state index is 13.4. The number of aromatic nitrogens is 2. The molecule has 1 aliphatic carbocycles. The van der Waals surface area contributed by atoms with Crippen LogP contribution in [-0.2, 0) is 16.6 Å². The lowest BCUT2D eigenvalue weighted by molar-refractivity contribution is -0.122. The number of carbonyl (C=O) groups excluding carboxylic acids is 3. The van der Waals surface area contributed by atoms with E-state index in [-0.39, 0.29) is 34.3 Å². The van der Waals surface area contributed by atoms with Gasteiger partial charge in [-0.25, -0.2) is 9.58 Å². The first kappa shape index (κ1) is 22.6. The van der Waals surface area contributed by atoms with Crippen molar-refractivity contribution in [3.8, 4) is 5.69 Å². The minimum Gasteiger partial charge on any atom is -0.316 e. The zero-order valence-corrected chi connectivity index (χ0v) is 19.8. The van der Waals surface area contributed by atoms with E-state index in [4.69, 9.17) is 0 Å². The van der Waals surface area contributed by atoms with E-state index in [1.54, 1.807) is 42.9 Å². The van der Waals surface area contributed by atoms with Crippen molar-refractivity contribution in [2.24, 2.45) is 18.9 Å². The van der Waals surface area contributed by atoms with Crippen molar-refractivity contribution >= 4 is 29.1 Å². The van der Waals surface area contributed by atoms with E-state index in [0.29, 0.717) is 24.2 Å². The zero-order chi connectivity index (χ0) is 24.9. The van der Waals surface area contributed by atoms with Gasteiger partial charge in [-0.2, -0.15) is 0 Å². The molecule has 0 bridgehead atoms. The summed E-state index contributed by atoms with van der Waals surface area (Å²) in [6, 6.07) is 15.7. The summed E-state index contributed by atoms with van der Waals surface area (Å²) in [7, 11) is 1.74. The minimum atomic E-state index is -0.559. The van der Waals surface area contributed by atoms with Crippen LogP contribution < -0.4 is 15.8 Å². The van der Waals surface area contributed by atoms with Crippen LogP contribution >= 0.6 is 0 Å². The standard InChI is InChI=1S/C27H26N4O4/c1-16-13-14-19-21(15-16)26(34)30(25(19)33)22-12-8-7-11-20(22)24(32)28-23-17(2)29(3)31(27(23)35)18-9-5-4-6-10-18/h4-13,19,21H,14-15H2,1-3H3,(H,28,32)/t19-,21-/m1/s1. The minimum absolute atomic E-state index is 0.142. The second kappa shape index (κ2) is 8.54. The maximum Gasteiger partial charge on any atom is 0.295 e. The number of anilines is 2.